The number of carbonyl (C=O) groups is 1. The second-order valence-electron chi connectivity index (χ2n) is 6.56. The van der Waals surface area contributed by atoms with Crippen LogP contribution < -0.4 is 15.0 Å². The number of hydrogen-bond donors (Lipinski definition) is 2. The highest BCUT2D eigenvalue weighted by Gasteiger charge is 2.14. The van der Waals surface area contributed by atoms with Crippen molar-refractivity contribution in [2.45, 2.75) is 13.0 Å². The van der Waals surface area contributed by atoms with Crippen LogP contribution in [0.1, 0.15) is 6.92 Å². The van der Waals surface area contributed by atoms with E-state index >= 15 is 0 Å². The Labute approximate surface area is 165 Å². The molecular weight excluding hydrogens is 352 g/mol. The van der Waals surface area contributed by atoms with Crippen molar-refractivity contribution in [3.8, 4) is 11.5 Å². The number of nitrogens with one attached hydrogen (secondary N) is 1. The van der Waals surface area contributed by atoms with Crippen molar-refractivity contribution < 1.29 is 14.6 Å². The highest BCUT2D eigenvalue weighted by Crippen LogP contribution is 2.24. The molecule has 0 saturated carbocycles. The number of aliphatic hydroxyl groups excluding tert-OH is 1. The Kier molecular flexibility index (Phi) is 6.65. The number of nitrogens with zero attached hydrogens (tertiary/aromatic N) is 1. The van der Waals surface area contributed by atoms with E-state index in [9.17, 15) is 9.90 Å². The van der Waals surface area contributed by atoms with Crippen molar-refractivity contribution in [3.63, 3.8) is 0 Å². The second kappa shape index (κ2) is 9.58. The molecule has 0 aliphatic carbocycles. The fourth-order valence-corrected chi connectivity index (χ4v) is 2.85. The summed E-state index contributed by atoms with van der Waals surface area (Å²) in [7, 11) is 0. The first-order chi connectivity index (χ1) is 13.6. The third kappa shape index (κ3) is 5.86. The lowest BCUT2D eigenvalue weighted by Crippen LogP contribution is -2.37. The van der Waals surface area contributed by atoms with Crippen LogP contribution in [0.3, 0.4) is 0 Å². The third-order valence-electron chi connectivity index (χ3n) is 4.04. The van der Waals surface area contributed by atoms with Gasteiger partial charge in [-0.25, -0.2) is 0 Å². The number of anilines is 2. The van der Waals surface area contributed by atoms with Crippen LogP contribution in [-0.2, 0) is 4.79 Å². The van der Waals surface area contributed by atoms with Gasteiger partial charge in [0.1, 0.15) is 11.5 Å². The zero-order valence-corrected chi connectivity index (χ0v) is 15.8. The number of amides is 1. The zero-order chi connectivity index (χ0) is 19.8. The number of aliphatic hydroxyl groups is 1. The second-order valence-corrected chi connectivity index (χ2v) is 6.56. The molecule has 0 heterocycles. The molecule has 0 saturated heterocycles. The molecule has 5 nitrogen and oxygen atoms in total. The van der Waals surface area contributed by atoms with Gasteiger partial charge in [-0.2, -0.15) is 0 Å². The molecule has 3 rings (SSSR count). The lowest BCUT2D eigenvalue weighted by molar-refractivity contribution is -0.115. The maximum absolute atomic E-state index is 12.6. The largest absolute Gasteiger partial charge is 0.457 e. The first-order valence-electron chi connectivity index (χ1n) is 9.21. The molecule has 0 radical (unpaired) electrons. The van der Waals surface area contributed by atoms with Gasteiger partial charge in [0.05, 0.1) is 12.6 Å². The van der Waals surface area contributed by atoms with E-state index in [4.69, 9.17) is 4.74 Å². The third-order valence-corrected chi connectivity index (χ3v) is 4.04. The standard InChI is InChI=1S/C23H24N2O3/c1-18(26)16-25(20-10-4-2-5-11-20)17-23(27)24-19-9-8-14-22(15-19)28-21-12-6-3-7-13-21/h2-15,18,26H,16-17H2,1H3,(H,24,27). The Bertz CT molecular complexity index is 883. The summed E-state index contributed by atoms with van der Waals surface area (Å²) in [6.07, 6.45) is -0.546. The molecule has 0 bridgehead atoms. The number of benzene rings is 3. The number of ether oxygens (including phenoxy) is 1. The van der Waals surface area contributed by atoms with Gasteiger partial charge in [-0.1, -0.05) is 42.5 Å². The van der Waals surface area contributed by atoms with Crippen molar-refractivity contribution in [1.82, 2.24) is 0 Å². The molecule has 0 aliphatic heterocycles. The van der Waals surface area contributed by atoms with Crippen LogP contribution in [0.25, 0.3) is 0 Å². The van der Waals surface area contributed by atoms with Gasteiger partial charge in [0, 0.05) is 24.0 Å². The maximum atomic E-state index is 12.6. The van der Waals surface area contributed by atoms with E-state index in [1.807, 2.05) is 83.8 Å². The van der Waals surface area contributed by atoms with Crippen LogP contribution in [0.4, 0.5) is 11.4 Å². The summed E-state index contributed by atoms with van der Waals surface area (Å²) in [6, 6.07) is 26.3. The number of carbonyl (C=O) groups excluding carboxylic acids is 1. The van der Waals surface area contributed by atoms with Crippen molar-refractivity contribution in [3.05, 3.63) is 84.9 Å². The maximum Gasteiger partial charge on any atom is 0.243 e. The van der Waals surface area contributed by atoms with Crippen LogP contribution in [0.2, 0.25) is 0 Å². The minimum Gasteiger partial charge on any atom is -0.457 e. The van der Waals surface area contributed by atoms with Crippen LogP contribution in [0.5, 0.6) is 11.5 Å². The van der Waals surface area contributed by atoms with Gasteiger partial charge in [0.15, 0.2) is 0 Å². The minimum atomic E-state index is -0.546. The Morgan fingerprint density at radius 1 is 0.964 bits per heavy atom. The van der Waals surface area contributed by atoms with E-state index in [1.165, 1.54) is 0 Å². The molecule has 0 aliphatic rings. The van der Waals surface area contributed by atoms with E-state index in [-0.39, 0.29) is 12.5 Å². The summed E-state index contributed by atoms with van der Waals surface area (Å²) in [5.74, 6) is 1.22. The topological polar surface area (TPSA) is 61.8 Å². The molecule has 2 N–H and O–H groups in total. The quantitative estimate of drug-likeness (QED) is 0.615. The van der Waals surface area contributed by atoms with Crippen molar-refractivity contribution in [2.24, 2.45) is 0 Å². The van der Waals surface area contributed by atoms with Gasteiger partial charge < -0.3 is 20.1 Å². The Morgan fingerprint density at radius 3 is 2.29 bits per heavy atom. The number of rotatable bonds is 8. The zero-order valence-electron chi connectivity index (χ0n) is 15.8. The Balaban J connectivity index is 1.65. The van der Waals surface area contributed by atoms with Gasteiger partial charge in [-0.3, -0.25) is 4.79 Å². The average Bonchev–Trinajstić information content (AvgIpc) is 2.69. The van der Waals surface area contributed by atoms with E-state index in [2.05, 4.69) is 5.32 Å². The normalized spacial score (nSPS) is 11.5. The lowest BCUT2D eigenvalue weighted by Gasteiger charge is -2.25. The van der Waals surface area contributed by atoms with Gasteiger partial charge in [0.25, 0.3) is 0 Å². The fraction of sp³-hybridized carbons (Fsp3) is 0.174. The van der Waals surface area contributed by atoms with E-state index in [1.54, 1.807) is 13.0 Å². The monoisotopic (exact) mass is 376 g/mol. The van der Waals surface area contributed by atoms with Gasteiger partial charge in [-0.05, 0) is 43.3 Å². The molecule has 1 unspecified atom stereocenters. The number of para-hydroxylation sites is 2. The molecular formula is C23H24N2O3. The summed E-state index contributed by atoms with van der Waals surface area (Å²) in [5, 5.41) is 12.7. The molecule has 0 spiro atoms. The van der Waals surface area contributed by atoms with E-state index < -0.39 is 6.10 Å². The minimum absolute atomic E-state index is 0.138. The van der Waals surface area contributed by atoms with E-state index in [0.717, 1.165) is 11.4 Å². The molecule has 1 atom stereocenters. The van der Waals surface area contributed by atoms with Crippen molar-refractivity contribution >= 4 is 17.3 Å². The first-order valence-corrected chi connectivity index (χ1v) is 9.21. The average molecular weight is 376 g/mol. The fourth-order valence-electron chi connectivity index (χ4n) is 2.85. The molecule has 28 heavy (non-hydrogen) atoms. The summed E-state index contributed by atoms with van der Waals surface area (Å²) >= 11 is 0. The van der Waals surface area contributed by atoms with Gasteiger partial charge >= 0.3 is 0 Å². The molecule has 1 amide bonds. The smallest absolute Gasteiger partial charge is 0.243 e. The predicted molar refractivity (Wildman–Crippen MR) is 112 cm³/mol. The molecule has 3 aromatic rings. The summed E-state index contributed by atoms with van der Waals surface area (Å²) in [4.78, 5) is 14.4. The van der Waals surface area contributed by atoms with Crippen LogP contribution >= 0.6 is 0 Å². The summed E-state index contributed by atoms with van der Waals surface area (Å²) in [6.45, 7) is 2.21. The van der Waals surface area contributed by atoms with Crippen LogP contribution in [0, 0.1) is 0 Å². The van der Waals surface area contributed by atoms with Gasteiger partial charge in [0.2, 0.25) is 5.91 Å². The summed E-state index contributed by atoms with van der Waals surface area (Å²) in [5.41, 5.74) is 1.54. The Hall–Kier alpha value is -3.31. The van der Waals surface area contributed by atoms with Crippen LogP contribution in [-0.4, -0.2) is 30.2 Å². The van der Waals surface area contributed by atoms with Crippen molar-refractivity contribution in [1.29, 1.82) is 0 Å². The lowest BCUT2D eigenvalue weighted by atomic mass is 10.2. The van der Waals surface area contributed by atoms with Crippen molar-refractivity contribution in [2.75, 3.05) is 23.3 Å². The summed E-state index contributed by atoms with van der Waals surface area (Å²) < 4.78 is 5.81. The van der Waals surface area contributed by atoms with E-state index in [0.29, 0.717) is 18.0 Å². The molecule has 0 aromatic heterocycles. The molecule has 0 fully saturated rings. The molecule has 144 valence electrons. The Morgan fingerprint density at radius 2 is 1.61 bits per heavy atom. The molecule has 5 heteroatoms. The van der Waals surface area contributed by atoms with Crippen LogP contribution in [0.15, 0.2) is 84.9 Å². The SMILES string of the molecule is CC(O)CN(CC(=O)Nc1cccc(Oc2ccccc2)c1)c1ccccc1. The van der Waals surface area contributed by atoms with Gasteiger partial charge in [-0.15, -0.1) is 0 Å². The first kappa shape index (κ1) is 19.5. The molecule has 3 aromatic carbocycles. The number of hydrogen-bond acceptors (Lipinski definition) is 4. The highest BCUT2D eigenvalue weighted by molar-refractivity contribution is 5.94. The predicted octanol–water partition coefficient (Wildman–Crippen LogP) is 4.30. The highest BCUT2D eigenvalue weighted by atomic mass is 16.5.